The first-order valence-corrected chi connectivity index (χ1v) is 10.7. The zero-order valence-electron chi connectivity index (χ0n) is 18.5. The average Bonchev–Trinajstić information content (AvgIpc) is 3.06. The van der Waals surface area contributed by atoms with Gasteiger partial charge in [-0.3, -0.25) is 14.2 Å². The van der Waals surface area contributed by atoms with Gasteiger partial charge in [0, 0.05) is 19.6 Å². The topological polar surface area (TPSA) is 89.2 Å². The summed E-state index contributed by atoms with van der Waals surface area (Å²) in [6.07, 6.45) is 0. The van der Waals surface area contributed by atoms with E-state index in [1.165, 1.54) is 4.57 Å². The molecule has 8 heteroatoms. The van der Waals surface area contributed by atoms with Gasteiger partial charge in [0.05, 0.1) is 6.04 Å². The molecule has 0 bridgehead atoms. The standard InChI is InChI=1S/C24H27N5O3/c1-16-7-9-20(10-8-16)18(3)25-21(30)15-29-24(32)28-12-11-27(23(31)22(28)26-29)14-19-6-4-5-17(2)13-19/h4-10,13,18H,11-12,14-15H2,1-3H3,(H,25,30)/t18-/m0/s1. The highest BCUT2D eigenvalue weighted by atomic mass is 16.2. The molecule has 166 valence electrons. The lowest BCUT2D eigenvalue weighted by Crippen LogP contribution is -2.42. The van der Waals surface area contributed by atoms with Crippen molar-refractivity contribution in [2.24, 2.45) is 0 Å². The number of aryl methyl sites for hydroxylation is 2. The Labute approximate surface area is 186 Å². The number of benzene rings is 2. The van der Waals surface area contributed by atoms with Crippen molar-refractivity contribution in [3.8, 4) is 0 Å². The van der Waals surface area contributed by atoms with Gasteiger partial charge in [-0.25, -0.2) is 9.48 Å². The van der Waals surface area contributed by atoms with Crippen molar-refractivity contribution in [1.82, 2.24) is 24.6 Å². The highest BCUT2D eigenvalue weighted by Crippen LogP contribution is 2.15. The second kappa shape index (κ2) is 8.82. The van der Waals surface area contributed by atoms with Crippen molar-refractivity contribution >= 4 is 11.8 Å². The van der Waals surface area contributed by atoms with E-state index in [0.29, 0.717) is 19.6 Å². The third-order valence-electron chi connectivity index (χ3n) is 5.70. The van der Waals surface area contributed by atoms with Gasteiger partial charge in [0.25, 0.3) is 5.91 Å². The van der Waals surface area contributed by atoms with E-state index >= 15 is 0 Å². The van der Waals surface area contributed by atoms with Gasteiger partial charge in [-0.05, 0) is 31.9 Å². The number of hydrogen-bond acceptors (Lipinski definition) is 4. The lowest BCUT2D eigenvalue weighted by Gasteiger charge is -2.26. The Bertz CT molecular complexity index is 1210. The van der Waals surface area contributed by atoms with E-state index in [1.807, 2.05) is 69.3 Å². The van der Waals surface area contributed by atoms with Crippen molar-refractivity contribution in [2.75, 3.05) is 6.54 Å². The Morgan fingerprint density at radius 2 is 1.81 bits per heavy atom. The number of nitrogens with one attached hydrogen (secondary N) is 1. The molecule has 4 rings (SSSR count). The molecule has 8 nitrogen and oxygen atoms in total. The molecule has 1 aromatic heterocycles. The Kier molecular flexibility index (Phi) is 5.94. The van der Waals surface area contributed by atoms with E-state index in [0.717, 1.165) is 26.9 Å². The van der Waals surface area contributed by atoms with Crippen LogP contribution in [0, 0.1) is 13.8 Å². The molecule has 0 fully saturated rings. The minimum absolute atomic E-state index is 0.0771. The van der Waals surface area contributed by atoms with Crippen molar-refractivity contribution in [1.29, 1.82) is 0 Å². The van der Waals surface area contributed by atoms with Crippen LogP contribution in [0.5, 0.6) is 0 Å². The van der Waals surface area contributed by atoms with Crippen molar-refractivity contribution in [2.45, 2.75) is 46.4 Å². The predicted molar refractivity (Wildman–Crippen MR) is 120 cm³/mol. The van der Waals surface area contributed by atoms with E-state index < -0.39 is 5.69 Å². The fourth-order valence-electron chi connectivity index (χ4n) is 3.91. The number of hydrogen-bond donors (Lipinski definition) is 1. The smallest absolute Gasteiger partial charge is 0.346 e. The fraction of sp³-hybridized carbons (Fsp3) is 0.333. The van der Waals surface area contributed by atoms with Crippen LogP contribution in [0.15, 0.2) is 53.3 Å². The third-order valence-corrected chi connectivity index (χ3v) is 5.70. The molecule has 2 heterocycles. The molecule has 32 heavy (non-hydrogen) atoms. The molecule has 1 aliphatic rings. The zero-order valence-corrected chi connectivity index (χ0v) is 18.5. The van der Waals surface area contributed by atoms with Crippen LogP contribution in [0.25, 0.3) is 0 Å². The Morgan fingerprint density at radius 3 is 2.53 bits per heavy atom. The van der Waals surface area contributed by atoms with E-state index in [2.05, 4.69) is 10.4 Å². The van der Waals surface area contributed by atoms with Gasteiger partial charge < -0.3 is 10.2 Å². The molecule has 1 aliphatic heterocycles. The second-order valence-corrected chi connectivity index (χ2v) is 8.33. The third kappa shape index (κ3) is 4.49. The van der Waals surface area contributed by atoms with E-state index in [1.54, 1.807) is 4.90 Å². The molecule has 0 spiro atoms. The van der Waals surface area contributed by atoms with Gasteiger partial charge in [0.2, 0.25) is 11.7 Å². The summed E-state index contributed by atoms with van der Waals surface area (Å²) in [5.74, 6) is -0.560. The molecular weight excluding hydrogens is 406 g/mol. The fourth-order valence-corrected chi connectivity index (χ4v) is 3.91. The minimum atomic E-state index is -0.443. The summed E-state index contributed by atoms with van der Waals surface area (Å²) in [5.41, 5.74) is 3.82. The van der Waals surface area contributed by atoms with Crippen molar-refractivity contribution < 1.29 is 9.59 Å². The first-order valence-electron chi connectivity index (χ1n) is 10.7. The highest BCUT2D eigenvalue weighted by Gasteiger charge is 2.30. The molecule has 0 radical (unpaired) electrons. The Balaban J connectivity index is 1.45. The van der Waals surface area contributed by atoms with Gasteiger partial charge in [-0.15, -0.1) is 5.10 Å². The molecule has 0 saturated carbocycles. The van der Waals surface area contributed by atoms with Gasteiger partial charge in [0.15, 0.2) is 0 Å². The number of rotatable bonds is 6. The van der Waals surface area contributed by atoms with Gasteiger partial charge in [0.1, 0.15) is 6.54 Å². The summed E-state index contributed by atoms with van der Waals surface area (Å²) < 4.78 is 2.42. The number of nitrogens with zero attached hydrogens (tertiary/aromatic N) is 4. The van der Waals surface area contributed by atoms with Crippen LogP contribution < -0.4 is 11.0 Å². The quantitative estimate of drug-likeness (QED) is 0.645. The van der Waals surface area contributed by atoms with Crippen LogP contribution in [0.1, 0.15) is 45.8 Å². The lowest BCUT2D eigenvalue weighted by atomic mass is 10.1. The Hall–Kier alpha value is -3.68. The van der Waals surface area contributed by atoms with E-state index in [-0.39, 0.29) is 30.2 Å². The van der Waals surface area contributed by atoms with E-state index in [4.69, 9.17) is 0 Å². The summed E-state index contributed by atoms with van der Waals surface area (Å²) in [6.45, 7) is 6.89. The maximum Gasteiger partial charge on any atom is 0.346 e. The lowest BCUT2D eigenvalue weighted by molar-refractivity contribution is -0.122. The average molecular weight is 434 g/mol. The number of carbonyl (C=O) groups is 2. The molecule has 1 atom stereocenters. The van der Waals surface area contributed by atoms with E-state index in [9.17, 15) is 14.4 Å². The number of aromatic nitrogens is 3. The summed E-state index contributed by atoms with van der Waals surface area (Å²) in [5, 5.41) is 7.07. The van der Waals surface area contributed by atoms with Gasteiger partial charge in [-0.1, -0.05) is 59.7 Å². The number of carbonyl (C=O) groups excluding carboxylic acids is 2. The monoisotopic (exact) mass is 433 g/mol. The predicted octanol–water partition coefficient (Wildman–Crippen LogP) is 2.20. The normalized spacial score (nSPS) is 14.2. The van der Waals surface area contributed by atoms with Crippen LogP contribution in [-0.2, 0) is 24.4 Å². The summed E-state index contributed by atoms with van der Waals surface area (Å²) >= 11 is 0. The van der Waals surface area contributed by atoms with Crippen LogP contribution >= 0.6 is 0 Å². The first kappa shape index (κ1) is 21.5. The summed E-state index contributed by atoms with van der Waals surface area (Å²) in [4.78, 5) is 39.9. The molecular formula is C24H27N5O3. The highest BCUT2D eigenvalue weighted by molar-refractivity contribution is 5.91. The SMILES string of the molecule is Cc1ccc([C@H](C)NC(=O)Cn2nc3n(c2=O)CCN(Cc2cccc(C)c2)C3=O)cc1. The largest absolute Gasteiger partial charge is 0.348 e. The summed E-state index contributed by atoms with van der Waals surface area (Å²) in [6, 6.07) is 15.7. The molecule has 0 saturated heterocycles. The number of amides is 2. The molecule has 0 unspecified atom stereocenters. The van der Waals surface area contributed by atoms with Gasteiger partial charge >= 0.3 is 5.69 Å². The van der Waals surface area contributed by atoms with Crippen LogP contribution in [0.3, 0.4) is 0 Å². The maximum absolute atomic E-state index is 12.9. The van der Waals surface area contributed by atoms with Crippen LogP contribution in [0.2, 0.25) is 0 Å². The van der Waals surface area contributed by atoms with Crippen LogP contribution in [-0.4, -0.2) is 37.6 Å². The van der Waals surface area contributed by atoms with Gasteiger partial charge in [-0.2, -0.15) is 0 Å². The minimum Gasteiger partial charge on any atom is -0.348 e. The van der Waals surface area contributed by atoms with Crippen molar-refractivity contribution in [3.05, 3.63) is 87.1 Å². The molecule has 2 aromatic carbocycles. The molecule has 3 aromatic rings. The number of fused-ring (bicyclic) bond motifs is 1. The zero-order chi connectivity index (χ0) is 22.8. The molecule has 0 aliphatic carbocycles. The molecule has 2 amide bonds. The molecule has 1 N–H and O–H groups in total. The van der Waals surface area contributed by atoms with Crippen LogP contribution in [0.4, 0.5) is 0 Å². The Morgan fingerprint density at radius 1 is 1.06 bits per heavy atom. The summed E-state index contributed by atoms with van der Waals surface area (Å²) in [7, 11) is 0. The second-order valence-electron chi connectivity index (χ2n) is 8.33. The first-order chi connectivity index (χ1) is 15.3. The van der Waals surface area contributed by atoms with Crippen molar-refractivity contribution in [3.63, 3.8) is 0 Å². The maximum atomic E-state index is 12.9.